The average molecular weight is 224 g/mol. The summed E-state index contributed by atoms with van der Waals surface area (Å²) >= 11 is -5.11. The highest BCUT2D eigenvalue weighted by atomic mass is 32.2. The molecule has 5 nitrogen and oxygen atoms in total. The van der Waals surface area contributed by atoms with Crippen molar-refractivity contribution in [2.24, 2.45) is 0 Å². The first-order valence-electron chi connectivity index (χ1n) is 3.09. The number of rotatable bonds is 6. The van der Waals surface area contributed by atoms with Crippen LogP contribution in [-0.2, 0) is 26.9 Å². The third kappa shape index (κ3) is 4.44. The Morgan fingerprint density at radius 1 is 1.08 bits per heavy atom. The van der Waals surface area contributed by atoms with Crippen LogP contribution in [0.5, 0.6) is 0 Å². The van der Waals surface area contributed by atoms with Crippen molar-refractivity contribution in [3.05, 3.63) is 25.3 Å². The second kappa shape index (κ2) is 6.17. The lowest BCUT2D eigenvalue weighted by molar-refractivity contribution is 0.129. The fourth-order valence-electron chi connectivity index (χ4n) is 0.491. The number of ether oxygens (including phenoxy) is 1. The molecule has 0 aliphatic rings. The molecule has 0 bridgehead atoms. The van der Waals surface area contributed by atoms with E-state index in [4.69, 9.17) is 0 Å². The van der Waals surface area contributed by atoms with Crippen molar-refractivity contribution in [3.63, 3.8) is 0 Å². The average Bonchev–Trinajstić information content (AvgIpc) is 2.05. The van der Waals surface area contributed by atoms with Crippen LogP contribution in [0.15, 0.2) is 25.3 Å². The second-order valence-electron chi connectivity index (χ2n) is 1.87. The lowest BCUT2D eigenvalue weighted by atomic mass is 10.6. The van der Waals surface area contributed by atoms with Crippen molar-refractivity contribution in [2.75, 3.05) is 0 Å². The van der Waals surface area contributed by atoms with Gasteiger partial charge in [0.2, 0.25) is 0 Å². The molecule has 0 aromatic carbocycles. The molecule has 13 heavy (non-hydrogen) atoms. The largest absolute Gasteiger partial charge is 0.770 e. The zero-order chi connectivity index (χ0) is 10.4. The van der Waals surface area contributed by atoms with Crippen molar-refractivity contribution < 1.29 is 22.3 Å². The molecule has 0 amide bonds. The molecule has 7 heteroatoms. The van der Waals surface area contributed by atoms with Crippen LogP contribution in [0.2, 0.25) is 0 Å². The summed E-state index contributed by atoms with van der Waals surface area (Å²) in [6.07, 6.45) is 1.96. The van der Waals surface area contributed by atoms with E-state index in [1.807, 2.05) is 0 Å². The topological polar surface area (TPSA) is 89.5 Å². The van der Waals surface area contributed by atoms with Crippen LogP contribution in [0, 0.1) is 0 Å². The molecule has 0 spiro atoms. The molecular formula is C6H8O5S2-2. The van der Waals surface area contributed by atoms with Crippen LogP contribution in [0.1, 0.15) is 0 Å². The molecule has 0 rings (SSSR count). The van der Waals surface area contributed by atoms with Crippen molar-refractivity contribution in [3.8, 4) is 0 Å². The van der Waals surface area contributed by atoms with Crippen molar-refractivity contribution >= 4 is 22.2 Å². The summed E-state index contributed by atoms with van der Waals surface area (Å²) in [6.45, 7) is 6.35. The molecule has 0 aliphatic heterocycles. The van der Waals surface area contributed by atoms with Gasteiger partial charge in [0.25, 0.3) is 0 Å². The van der Waals surface area contributed by atoms with Gasteiger partial charge in [-0.05, 0) is 22.2 Å². The van der Waals surface area contributed by atoms with Gasteiger partial charge in [0.1, 0.15) is 10.9 Å². The minimum absolute atomic E-state index is 0.979. The smallest absolute Gasteiger partial charge is 0.139 e. The predicted octanol–water partition coefficient (Wildman–Crippen LogP) is -0.215. The Bertz CT molecular complexity index is 215. The molecule has 0 radical (unpaired) electrons. The fraction of sp³-hybridized carbons (Fsp3) is 0.333. The SMILES string of the molecule is C=CC(OC(C=C)S(=O)[O-])S(=O)[O-]. The Morgan fingerprint density at radius 2 is 1.38 bits per heavy atom. The van der Waals surface area contributed by atoms with Gasteiger partial charge in [0, 0.05) is 0 Å². The molecule has 0 aliphatic carbocycles. The van der Waals surface area contributed by atoms with E-state index in [2.05, 4.69) is 17.9 Å². The van der Waals surface area contributed by atoms with E-state index in [1.165, 1.54) is 0 Å². The summed E-state index contributed by atoms with van der Waals surface area (Å²) in [5.41, 5.74) is -2.69. The van der Waals surface area contributed by atoms with Crippen LogP contribution in [0.4, 0.5) is 0 Å². The zero-order valence-corrected chi connectivity index (χ0v) is 8.21. The summed E-state index contributed by atoms with van der Waals surface area (Å²) in [6, 6.07) is 0. The first kappa shape index (κ1) is 12.7. The second-order valence-corrected chi connectivity index (χ2v) is 3.84. The first-order chi connectivity index (χ1) is 6.02. The first-order valence-corrected chi connectivity index (χ1v) is 5.37. The van der Waals surface area contributed by atoms with Gasteiger partial charge in [0.05, 0.1) is 0 Å². The van der Waals surface area contributed by atoms with Crippen LogP contribution in [-0.4, -0.2) is 28.4 Å². The van der Waals surface area contributed by atoms with E-state index < -0.39 is 33.0 Å². The molecule has 0 aromatic heterocycles. The summed E-state index contributed by atoms with van der Waals surface area (Å²) < 4.78 is 46.1. The molecule has 0 saturated heterocycles. The highest BCUT2D eigenvalue weighted by Crippen LogP contribution is 2.06. The molecule has 76 valence electrons. The Balaban J connectivity index is 4.36. The van der Waals surface area contributed by atoms with Gasteiger partial charge in [0.15, 0.2) is 0 Å². The molecule has 0 fully saturated rings. The van der Waals surface area contributed by atoms with Crippen LogP contribution in [0.25, 0.3) is 0 Å². The number of hydrogen-bond donors (Lipinski definition) is 0. The van der Waals surface area contributed by atoms with Crippen LogP contribution < -0.4 is 0 Å². The summed E-state index contributed by atoms with van der Waals surface area (Å²) in [5, 5.41) is 0. The predicted molar refractivity (Wildman–Crippen MR) is 46.9 cm³/mol. The maximum absolute atomic E-state index is 10.4. The highest BCUT2D eigenvalue weighted by molar-refractivity contribution is 7.80. The Kier molecular flexibility index (Phi) is 6.00. The van der Waals surface area contributed by atoms with Crippen molar-refractivity contribution in [2.45, 2.75) is 10.9 Å². The molecular weight excluding hydrogens is 216 g/mol. The minimum atomic E-state index is -2.55. The maximum atomic E-state index is 10.4. The summed E-state index contributed by atoms with van der Waals surface area (Å²) in [7, 11) is 0. The monoisotopic (exact) mass is 224 g/mol. The van der Waals surface area contributed by atoms with E-state index in [0.717, 1.165) is 12.2 Å². The third-order valence-electron chi connectivity index (χ3n) is 1.03. The highest BCUT2D eigenvalue weighted by Gasteiger charge is 2.11. The van der Waals surface area contributed by atoms with Gasteiger partial charge < -0.3 is 13.8 Å². The normalized spacial score (nSPS) is 19.8. The molecule has 0 heterocycles. The van der Waals surface area contributed by atoms with E-state index in [9.17, 15) is 17.5 Å². The van der Waals surface area contributed by atoms with Gasteiger partial charge in [-0.2, -0.15) is 0 Å². The maximum Gasteiger partial charge on any atom is 0.139 e. The third-order valence-corrected chi connectivity index (χ3v) is 2.40. The Morgan fingerprint density at radius 3 is 1.54 bits per heavy atom. The van der Waals surface area contributed by atoms with E-state index in [-0.39, 0.29) is 0 Å². The van der Waals surface area contributed by atoms with E-state index in [1.54, 1.807) is 0 Å². The fourth-order valence-corrected chi connectivity index (χ4v) is 1.30. The van der Waals surface area contributed by atoms with E-state index in [0.29, 0.717) is 0 Å². The lowest BCUT2D eigenvalue weighted by Crippen LogP contribution is -2.25. The van der Waals surface area contributed by atoms with Gasteiger partial charge in [-0.3, -0.25) is 8.42 Å². The van der Waals surface area contributed by atoms with Gasteiger partial charge in [-0.15, -0.1) is 0 Å². The molecule has 0 N–H and O–H groups in total. The molecule has 0 aromatic rings. The zero-order valence-electron chi connectivity index (χ0n) is 6.58. The van der Waals surface area contributed by atoms with Crippen LogP contribution in [0.3, 0.4) is 0 Å². The molecule has 0 saturated carbocycles. The van der Waals surface area contributed by atoms with Gasteiger partial charge >= 0.3 is 0 Å². The van der Waals surface area contributed by atoms with Gasteiger partial charge in [-0.25, -0.2) is 0 Å². The summed E-state index contributed by atoms with van der Waals surface area (Å²) in [4.78, 5) is 0. The Labute approximate surface area is 81.1 Å². The van der Waals surface area contributed by atoms with Crippen molar-refractivity contribution in [1.29, 1.82) is 0 Å². The van der Waals surface area contributed by atoms with Gasteiger partial charge in [-0.1, -0.05) is 25.3 Å². The molecule has 4 atom stereocenters. The lowest BCUT2D eigenvalue weighted by Gasteiger charge is -2.23. The van der Waals surface area contributed by atoms with Crippen molar-refractivity contribution in [1.82, 2.24) is 0 Å². The Hall–Kier alpha value is -0.340. The summed E-state index contributed by atoms with van der Waals surface area (Å²) in [5.74, 6) is 0. The quantitative estimate of drug-likeness (QED) is 0.460. The molecule has 4 unspecified atom stereocenters. The minimum Gasteiger partial charge on any atom is -0.770 e. The standard InChI is InChI=1S/C6H10O5S2/c1-3-5(12(7)8)11-6(4-2)13(9)10/h3-6H,1-2H2,(H,7,8)(H,9,10)/p-2. The van der Waals surface area contributed by atoms with E-state index >= 15 is 0 Å². The number of hydrogen-bond acceptors (Lipinski definition) is 5. The van der Waals surface area contributed by atoms with Crippen LogP contribution >= 0.6 is 0 Å².